The summed E-state index contributed by atoms with van der Waals surface area (Å²) in [4.78, 5) is 0. The molecular weight excluding hydrogens is 663 g/mol. The summed E-state index contributed by atoms with van der Waals surface area (Å²) in [5.41, 5.74) is 11.9. The van der Waals surface area contributed by atoms with Gasteiger partial charge in [-0.05, 0) is 91.2 Å². The van der Waals surface area contributed by atoms with Gasteiger partial charge in [-0.3, -0.25) is 0 Å². The molecule has 11 aromatic rings. The molecule has 0 aliphatic carbocycles. The molecule has 0 amide bonds. The van der Waals surface area contributed by atoms with Gasteiger partial charge in [0.25, 0.3) is 0 Å². The van der Waals surface area contributed by atoms with E-state index in [0.717, 1.165) is 36.3 Å². The molecule has 0 fully saturated rings. The second-order valence-electron chi connectivity index (χ2n) is 14.2. The zero-order chi connectivity index (χ0) is 35.8. The molecule has 0 saturated heterocycles. The number of aromatic nitrogens is 5. The lowest BCUT2D eigenvalue weighted by molar-refractivity contribution is 0.533. The van der Waals surface area contributed by atoms with Gasteiger partial charge in [-0.1, -0.05) is 84.9 Å². The van der Waals surface area contributed by atoms with Gasteiger partial charge in [0, 0.05) is 73.8 Å². The first kappa shape index (κ1) is 30.7. The Labute approximate surface area is 311 Å². The van der Waals surface area contributed by atoms with Gasteiger partial charge in [0.2, 0.25) is 11.8 Å². The Morgan fingerprint density at radius 3 is 1.37 bits per heavy atom. The number of fused-ring (bicyclic) bond motifs is 9. The molecule has 0 unspecified atom stereocenters. The Morgan fingerprint density at radius 1 is 0.463 bits per heavy atom. The van der Waals surface area contributed by atoms with Gasteiger partial charge in [0.05, 0.1) is 22.1 Å². The van der Waals surface area contributed by atoms with Crippen LogP contribution in [-0.2, 0) is 13.0 Å². The molecule has 4 heterocycles. The summed E-state index contributed by atoms with van der Waals surface area (Å²) in [5, 5.41) is 15.7. The molecule has 0 atom stereocenters. The number of aryl methyl sites for hydroxylation is 3. The van der Waals surface area contributed by atoms with E-state index >= 15 is 0 Å². The van der Waals surface area contributed by atoms with E-state index in [0.29, 0.717) is 11.8 Å². The van der Waals surface area contributed by atoms with Crippen molar-refractivity contribution in [2.45, 2.75) is 26.3 Å². The fourth-order valence-corrected chi connectivity index (χ4v) is 8.67. The van der Waals surface area contributed by atoms with E-state index < -0.39 is 0 Å². The van der Waals surface area contributed by atoms with Gasteiger partial charge >= 0.3 is 0 Å². The van der Waals surface area contributed by atoms with Crippen molar-refractivity contribution in [2.75, 3.05) is 0 Å². The minimum absolute atomic E-state index is 0.560. The molecule has 4 aromatic heterocycles. The van der Waals surface area contributed by atoms with Crippen molar-refractivity contribution in [3.8, 4) is 22.8 Å². The Hall–Kier alpha value is -6.92. The van der Waals surface area contributed by atoms with Crippen molar-refractivity contribution in [1.82, 2.24) is 23.9 Å². The molecule has 0 bridgehead atoms. The summed E-state index contributed by atoms with van der Waals surface area (Å²) in [6.45, 7) is 2.71. The third-order valence-corrected chi connectivity index (χ3v) is 11.1. The lowest BCUT2D eigenvalue weighted by Crippen LogP contribution is -2.00. The van der Waals surface area contributed by atoms with Crippen LogP contribution in [0.4, 0.5) is 0 Å². The van der Waals surface area contributed by atoms with E-state index in [4.69, 9.17) is 4.42 Å². The molecule has 0 N–H and O–H groups in total. The first-order valence-electron chi connectivity index (χ1n) is 18.6. The Bertz CT molecular complexity index is 2930. The second-order valence-corrected chi connectivity index (χ2v) is 14.2. The number of nitrogens with zero attached hydrogens (tertiary/aromatic N) is 5. The van der Waals surface area contributed by atoms with Gasteiger partial charge < -0.3 is 18.1 Å². The average Bonchev–Trinajstić information content (AvgIpc) is 3.98. The zero-order valence-electron chi connectivity index (χ0n) is 29.8. The van der Waals surface area contributed by atoms with Crippen LogP contribution in [0.25, 0.3) is 88.2 Å². The van der Waals surface area contributed by atoms with Gasteiger partial charge in [-0.25, -0.2) is 0 Å². The maximum atomic E-state index is 5.64. The highest BCUT2D eigenvalue weighted by Gasteiger charge is 2.18. The summed E-state index contributed by atoms with van der Waals surface area (Å²) in [6, 6.07) is 57.5. The van der Waals surface area contributed by atoms with E-state index in [2.05, 4.69) is 182 Å². The predicted molar refractivity (Wildman–Crippen MR) is 221 cm³/mol. The summed E-state index contributed by atoms with van der Waals surface area (Å²) >= 11 is 0. The smallest absolute Gasteiger partial charge is 0.247 e. The molecule has 6 nitrogen and oxygen atoms in total. The Balaban J connectivity index is 1.06. The van der Waals surface area contributed by atoms with Crippen molar-refractivity contribution in [3.63, 3.8) is 0 Å². The highest BCUT2D eigenvalue weighted by molar-refractivity contribution is 6.13. The van der Waals surface area contributed by atoms with Crippen molar-refractivity contribution < 1.29 is 4.42 Å². The standard InChI is InChI=1S/C48H35N5O/c1-31-49-50-48(54-31)33-22-20-32(21-23-33)11-10-28-51-42-26-24-34(52-44-16-6-2-12-36(44)37-13-3-7-17-45(37)52)29-40(42)41-30-35(25-27-43(41)51)53-46-18-8-4-14-38(46)39-15-5-9-19-47(39)53/h2-9,12-27,29-30H,10-11,28H2,1H3. The van der Waals surface area contributed by atoms with Crippen molar-refractivity contribution in [3.05, 3.63) is 169 Å². The van der Waals surface area contributed by atoms with E-state index in [9.17, 15) is 0 Å². The fourth-order valence-electron chi connectivity index (χ4n) is 8.67. The first-order chi connectivity index (χ1) is 26.7. The van der Waals surface area contributed by atoms with E-state index in [-0.39, 0.29) is 0 Å². The molecule has 6 heteroatoms. The van der Waals surface area contributed by atoms with Gasteiger partial charge in [0.15, 0.2) is 0 Å². The van der Waals surface area contributed by atoms with Gasteiger partial charge in [0.1, 0.15) is 0 Å². The molecule has 54 heavy (non-hydrogen) atoms. The number of hydrogen-bond donors (Lipinski definition) is 0. The number of hydrogen-bond acceptors (Lipinski definition) is 3. The molecule has 0 aliphatic heterocycles. The summed E-state index contributed by atoms with van der Waals surface area (Å²) in [5.74, 6) is 1.13. The van der Waals surface area contributed by atoms with E-state index in [1.165, 1.54) is 71.0 Å². The van der Waals surface area contributed by atoms with Crippen LogP contribution in [0.2, 0.25) is 0 Å². The van der Waals surface area contributed by atoms with Crippen molar-refractivity contribution in [2.24, 2.45) is 0 Å². The molecule has 0 spiro atoms. The number of rotatable bonds is 7. The van der Waals surface area contributed by atoms with Crippen LogP contribution in [0.5, 0.6) is 0 Å². The third kappa shape index (κ3) is 4.73. The molecular formula is C48H35N5O. The van der Waals surface area contributed by atoms with E-state index in [1.54, 1.807) is 0 Å². The summed E-state index contributed by atoms with van der Waals surface area (Å²) in [7, 11) is 0. The normalized spacial score (nSPS) is 12.0. The van der Waals surface area contributed by atoms with Gasteiger partial charge in [-0.2, -0.15) is 0 Å². The van der Waals surface area contributed by atoms with Crippen LogP contribution in [0.3, 0.4) is 0 Å². The van der Waals surface area contributed by atoms with E-state index in [1.807, 2.05) is 6.92 Å². The van der Waals surface area contributed by atoms with Crippen LogP contribution in [0.1, 0.15) is 17.9 Å². The Kier molecular flexibility index (Phi) is 6.86. The number of para-hydroxylation sites is 4. The van der Waals surface area contributed by atoms with Crippen LogP contribution < -0.4 is 0 Å². The van der Waals surface area contributed by atoms with Crippen LogP contribution in [-0.4, -0.2) is 23.9 Å². The second kappa shape index (κ2) is 12.1. The van der Waals surface area contributed by atoms with Crippen molar-refractivity contribution in [1.29, 1.82) is 0 Å². The van der Waals surface area contributed by atoms with Crippen LogP contribution in [0, 0.1) is 6.92 Å². The molecule has 0 radical (unpaired) electrons. The monoisotopic (exact) mass is 697 g/mol. The Morgan fingerprint density at radius 2 is 0.926 bits per heavy atom. The molecule has 0 aliphatic rings. The van der Waals surface area contributed by atoms with Crippen LogP contribution in [0.15, 0.2) is 162 Å². The topological polar surface area (TPSA) is 53.7 Å². The first-order valence-corrected chi connectivity index (χ1v) is 18.6. The van der Waals surface area contributed by atoms with Gasteiger partial charge in [-0.15, -0.1) is 10.2 Å². The zero-order valence-corrected chi connectivity index (χ0v) is 29.8. The minimum Gasteiger partial charge on any atom is -0.421 e. The van der Waals surface area contributed by atoms with Crippen LogP contribution >= 0.6 is 0 Å². The third-order valence-electron chi connectivity index (χ3n) is 11.1. The lowest BCUT2D eigenvalue weighted by atomic mass is 10.1. The summed E-state index contributed by atoms with van der Waals surface area (Å²) in [6.07, 6.45) is 1.96. The molecule has 258 valence electrons. The maximum absolute atomic E-state index is 5.64. The maximum Gasteiger partial charge on any atom is 0.247 e. The lowest BCUT2D eigenvalue weighted by Gasteiger charge is -2.11. The highest BCUT2D eigenvalue weighted by Crippen LogP contribution is 2.38. The molecule has 7 aromatic carbocycles. The largest absolute Gasteiger partial charge is 0.421 e. The predicted octanol–water partition coefficient (Wildman–Crippen LogP) is 12.0. The SMILES string of the molecule is Cc1nnc(-c2ccc(CCCn3c4ccc(-n5c6ccccc6c6ccccc65)cc4c4cc(-n5c6ccccc6c6ccccc65)ccc43)cc2)o1. The average molecular weight is 698 g/mol. The summed E-state index contributed by atoms with van der Waals surface area (Å²) < 4.78 is 13.0. The molecule has 11 rings (SSSR count). The minimum atomic E-state index is 0.560. The number of benzene rings is 7. The highest BCUT2D eigenvalue weighted by atomic mass is 16.4. The molecule has 0 saturated carbocycles. The van der Waals surface area contributed by atoms with Crippen molar-refractivity contribution >= 4 is 65.4 Å². The quantitative estimate of drug-likeness (QED) is 0.167. The fraction of sp³-hybridized carbons (Fsp3) is 0.0833.